The molecular formula is C21H18F2N2O3. The molecule has 2 aromatic rings. The molecule has 1 amide bonds. The van der Waals surface area contributed by atoms with Crippen LogP contribution in [0.5, 0.6) is 11.5 Å². The van der Waals surface area contributed by atoms with Gasteiger partial charge in [-0.2, -0.15) is 5.26 Å². The molecule has 0 N–H and O–H groups in total. The maximum Gasteiger partial charge on any atom is 0.251 e. The number of hydrogen-bond donors (Lipinski definition) is 0. The minimum absolute atomic E-state index is 0.106. The van der Waals surface area contributed by atoms with Gasteiger partial charge in [-0.15, -0.1) is 0 Å². The number of rotatable bonds is 5. The average molecular weight is 384 g/mol. The lowest BCUT2D eigenvalue weighted by atomic mass is 10.0. The van der Waals surface area contributed by atoms with Crippen LogP contribution >= 0.6 is 0 Å². The van der Waals surface area contributed by atoms with Crippen molar-refractivity contribution in [1.29, 1.82) is 5.26 Å². The highest BCUT2D eigenvalue weighted by molar-refractivity contribution is 6.04. The molecule has 0 saturated heterocycles. The van der Waals surface area contributed by atoms with Gasteiger partial charge in [0.15, 0.2) is 18.1 Å². The second-order valence-corrected chi connectivity index (χ2v) is 6.17. The molecule has 0 unspecified atom stereocenters. The third-order valence-corrected chi connectivity index (χ3v) is 4.40. The van der Waals surface area contributed by atoms with Crippen molar-refractivity contribution in [3.05, 3.63) is 59.2 Å². The fourth-order valence-corrected chi connectivity index (χ4v) is 3.12. The lowest BCUT2D eigenvalue weighted by Gasteiger charge is -2.29. The molecule has 1 aliphatic rings. The van der Waals surface area contributed by atoms with Crippen LogP contribution in [0.1, 0.15) is 17.5 Å². The van der Waals surface area contributed by atoms with Crippen LogP contribution < -0.4 is 14.4 Å². The SMILES string of the molecule is COc1cc(/C=C/C(=O)N2CCCc3c(F)cc(F)cc32)ccc1OCC#N. The Labute approximate surface area is 161 Å². The summed E-state index contributed by atoms with van der Waals surface area (Å²) in [7, 11) is 1.47. The molecule has 0 aliphatic carbocycles. The van der Waals surface area contributed by atoms with Crippen LogP contribution in [0, 0.1) is 23.0 Å². The number of benzene rings is 2. The first kappa shape index (κ1) is 19.4. The van der Waals surface area contributed by atoms with Gasteiger partial charge in [-0.3, -0.25) is 4.79 Å². The summed E-state index contributed by atoms with van der Waals surface area (Å²) in [6.07, 6.45) is 4.01. The standard InChI is InChI=1S/C21H18F2N2O3/c1-27-20-11-14(4-6-19(20)28-10-8-24)5-7-21(26)25-9-2-3-16-17(23)12-15(22)13-18(16)25/h4-7,11-13H,2-3,9-10H2,1H3/b7-5+. The fourth-order valence-electron chi connectivity index (χ4n) is 3.12. The summed E-state index contributed by atoms with van der Waals surface area (Å²) in [4.78, 5) is 14.0. The zero-order valence-corrected chi connectivity index (χ0v) is 15.2. The second kappa shape index (κ2) is 8.53. The molecule has 1 heterocycles. The van der Waals surface area contributed by atoms with Crippen LogP contribution in [0.4, 0.5) is 14.5 Å². The van der Waals surface area contributed by atoms with E-state index >= 15 is 0 Å². The number of halogens is 2. The van der Waals surface area contributed by atoms with Crippen molar-refractivity contribution in [2.75, 3.05) is 25.2 Å². The van der Waals surface area contributed by atoms with E-state index in [1.165, 1.54) is 24.2 Å². The van der Waals surface area contributed by atoms with Crippen molar-refractivity contribution in [2.45, 2.75) is 12.8 Å². The van der Waals surface area contributed by atoms with E-state index in [1.807, 2.05) is 6.07 Å². The van der Waals surface area contributed by atoms with Crippen LogP contribution in [0.25, 0.3) is 6.08 Å². The van der Waals surface area contributed by atoms with Gasteiger partial charge in [-0.05, 0) is 42.7 Å². The van der Waals surface area contributed by atoms with Crippen molar-refractivity contribution in [3.63, 3.8) is 0 Å². The molecule has 3 rings (SSSR count). The molecular weight excluding hydrogens is 366 g/mol. The number of anilines is 1. The van der Waals surface area contributed by atoms with Gasteiger partial charge < -0.3 is 14.4 Å². The van der Waals surface area contributed by atoms with Gasteiger partial charge in [0.1, 0.15) is 17.7 Å². The smallest absolute Gasteiger partial charge is 0.251 e. The Kier molecular flexibility index (Phi) is 5.90. The Bertz CT molecular complexity index is 967. The molecule has 5 nitrogen and oxygen atoms in total. The first-order chi connectivity index (χ1) is 13.5. The highest BCUT2D eigenvalue weighted by Gasteiger charge is 2.24. The van der Waals surface area contributed by atoms with Gasteiger partial charge in [0.05, 0.1) is 12.8 Å². The Hall–Kier alpha value is -3.40. The highest BCUT2D eigenvalue weighted by atomic mass is 19.1. The van der Waals surface area contributed by atoms with Crippen molar-refractivity contribution < 1.29 is 23.0 Å². The Morgan fingerprint density at radius 3 is 2.86 bits per heavy atom. The van der Waals surface area contributed by atoms with Gasteiger partial charge in [0.25, 0.3) is 5.91 Å². The number of amides is 1. The number of carbonyl (C=O) groups excluding carboxylic acids is 1. The highest BCUT2D eigenvalue weighted by Crippen LogP contribution is 2.31. The molecule has 0 atom stereocenters. The van der Waals surface area contributed by atoms with E-state index in [0.717, 1.165) is 6.07 Å². The molecule has 0 aromatic heterocycles. The van der Waals surface area contributed by atoms with Gasteiger partial charge in [0.2, 0.25) is 0 Å². The molecule has 28 heavy (non-hydrogen) atoms. The van der Waals surface area contributed by atoms with Gasteiger partial charge >= 0.3 is 0 Å². The normalized spacial score (nSPS) is 13.1. The van der Waals surface area contributed by atoms with E-state index in [4.69, 9.17) is 14.7 Å². The Balaban J connectivity index is 1.81. The van der Waals surface area contributed by atoms with Gasteiger partial charge in [-0.1, -0.05) is 6.07 Å². The van der Waals surface area contributed by atoms with Crippen molar-refractivity contribution in [2.24, 2.45) is 0 Å². The van der Waals surface area contributed by atoms with Crippen LogP contribution in [-0.4, -0.2) is 26.2 Å². The monoisotopic (exact) mass is 384 g/mol. The third-order valence-electron chi connectivity index (χ3n) is 4.40. The second-order valence-electron chi connectivity index (χ2n) is 6.17. The first-order valence-electron chi connectivity index (χ1n) is 8.68. The van der Waals surface area contributed by atoms with E-state index < -0.39 is 11.6 Å². The van der Waals surface area contributed by atoms with Crippen LogP contribution in [0.15, 0.2) is 36.4 Å². The quantitative estimate of drug-likeness (QED) is 0.735. The topological polar surface area (TPSA) is 62.6 Å². The molecule has 1 aliphatic heterocycles. The predicted molar refractivity (Wildman–Crippen MR) is 100 cm³/mol. The van der Waals surface area contributed by atoms with Gasteiger partial charge in [0, 0.05) is 24.3 Å². The number of nitriles is 1. The van der Waals surface area contributed by atoms with Crippen molar-refractivity contribution in [3.8, 4) is 17.6 Å². The van der Waals surface area contributed by atoms with Crippen molar-refractivity contribution >= 4 is 17.7 Å². The predicted octanol–water partition coefficient (Wildman–Crippen LogP) is 3.87. The number of fused-ring (bicyclic) bond motifs is 1. The van der Waals surface area contributed by atoms with Crippen LogP contribution in [0.3, 0.4) is 0 Å². The summed E-state index contributed by atoms with van der Waals surface area (Å²) in [5.41, 5.74) is 1.31. The third kappa shape index (κ3) is 4.12. The Morgan fingerprint density at radius 1 is 1.29 bits per heavy atom. The first-order valence-corrected chi connectivity index (χ1v) is 8.68. The van der Waals surface area contributed by atoms with E-state index in [2.05, 4.69) is 0 Å². The molecule has 0 radical (unpaired) electrons. The average Bonchev–Trinajstić information content (AvgIpc) is 2.70. The zero-order valence-electron chi connectivity index (χ0n) is 15.2. The van der Waals surface area contributed by atoms with E-state index in [-0.39, 0.29) is 18.2 Å². The van der Waals surface area contributed by atoms with Crippen molar-refractivity contribution in [1.82, 2.24) is 0 Å². The summed E-state index contributed by atoms with van der Waals surface area (Å²) < 4.78 is 38.1. The maximum absolute atomic E-state index is 14.0. The van der Waals surface area contributed by atoms with E-state index in [0.29, 0.717) is 42.0 Å². The lowest BCUT2D eigenvalue weighted by Crippen LogP contribution is -2.34. The molecule has 0 saturated carbocycles. The molecule has 0 bridgehead atoms. The lowest BCUT2D eigenvalue weighted by molar-refractivity contribution is -0.114. The number of ether oxygens (including phenoxy) is 2. The number of nitrogens with zero attached hydrogens (tertiary/aromatic N) is 2. The van der Waals surface area contributed by atoms with E-state index in [1.54, 1.807) is 24.3 Å². The van der Waals surface area contributed by atoms with Gasteiger partial charge in [-0.25, -0.2) is 8.78 Å². The summed E-state index contributed by atoms with van der Waals surface area (Å²) in [5, 5.41) is 8.60. The largest absolute Gasteiger partial charge is 0.493 e. The van der Waals surface area contributed by atoms with Crippen LogP contribution in [0.2, 0.25) is 0 Å². The summed E-state index contributed by atoms with van der Waals surface area (Å²) in [6.45, 7) is 0.287. The summed E-state index contributed by atoms with van der Waals surface area (Å²) in [5.74, 6) is -0.859. The zero-order chi connectivity index (χ0) is 20.1. The molecule has 0 spiro atoms. The maximum atomic E-state index is 14.0. The number of carbonyl (C=O) groups is 1. The molecule has 0 fully saturated rings. The Morgan fingerprint density at radius 2 is 2.11 bits per heavy atom. The minimum atomic E-state index is -0.711. The summed E-state index contributed by atoms with van der Waals surface area (Å²) in [6, 6.07) is 8.92. The fraction of sp³-hybridized carbons (Fsp3) is 0.238. The van der Waals surface area contributed by atoms with Crippen LogP contribution in [-0.2, 0) is 11.2 Å². The summed E-state index contributed by atoms with van der Waals surface area (Å²) >= 11 is 0. The number of methoxy groups -OCH3 is 1. The molecule has 2 aromatic carbocycles. The van der Waals surface area contributed by atoms with E-state index in [9.17, 15) is 13.6 Å². The molecule has 144 valence electrons. The minimum Gasteiger partial charge on any atom is -0.493 e. The number of hydrogen-bond acceptors (Lipinski definition) is 4. The molecule has 7 heteroatoms.